The average Bonchev–Trinajstić information content (AvgIpc) is 3.24. The van der Waals surface area contributed by atoms with Crippen molar-refractivity contribution in [2.24, 2.45) is 17.8 Å². The Bertz CT molecular complexity index is 1450. The maximum Gasteiger partial charge on any atom is 0.254 e. The highest BCUT2D eigenvalue weighted by atomic mass is 79.9. The van der Waals surface area contributed by atoms with E-state index < -0.39 is 62.7 Å². The van der Waals surface area contributed by atoms with E-state index in [0.717, 1.165) is 15.9 Å². The molecule has 196 valence electrons. The largest absolute Gasteiger partial charge is 0.505 e. The Labute approximate surface area is 235 Å². The number of anilines is 1. The fourth-order valence-corrected chi connectivity index (χ4v) is 8.11. The maximum absolute atomic E-state index is 14.6. The molecule has 0 bridgehead atoms. The molecule has 2 aliphatic carbocycles. The molecule has 6 rings (SSSR count). The normalized spacial score (nSPS) is 34.3. The van der Waals surface area contributed by atoms with Crippen LogP contribution in [0.15, 0.2) is 60.2 Å². The smallest absolute Gasteiger partial charge is 0.254 e. The number of hydrogen-bond donors (Lipinski definition) is 1. The molecule has 6 atom stereocenters. The summed E-state index contributed by atoms with van der Waals surface area (Å²) in [5.41, 5.74) is 0.712. The predicted molar refractivity (Wildman–Crippen MR) is 140 cm³/mol. The van der Waals surface area contributed by atoms with Crippen molar-refractivity contribution in [2.75, 3.05) is 10.4 Å². The molecule has 11 heteroatoms. The first-order valence-electron chi connectivity index (χ1n) is 12.0. The van der Waals surface area contributed by atoms with Crippen LogP contribution in [-0.2, 0) is 19.2 Å². The second-order valence-corrected chi connectivity index (χ2v) is 11.8. The number of phenolic OH excluding ortho intramolecular Hbond substituents is 1. The molecular formula is C27H20BrCl2FN2O5. The Morgan fingerprint density at radius 3 is 2.37 bits per heavy atom. The van der Waals surface area contributed by atoms with Gasteiger partial charge in [-0.25, -0.2) is 4.39 Å². The Morgan fingerprint density at radius 1 is 0.974 bits per heavy atom. The number of halogens is 4. The molecule has 0 aromatic heterocycles. The number of phenols is 1. The van der Waals surface area contributed by atoms with Gasteiger partial charge in [-0.05, 0) is 37.0 Å². The van der Waals surface area contributed by atoms with Gasteiger partial charge in [0.25, 0.3) is 11.8 Å². The van der Waals surface area contributed by atoms with Crippen LogP contribution in [0.2, 0.25) is 0 Å². The summed E-state index contributed by atoms with van der Waals surface area (Å²) in [6, 6.07) is 12.4. The number of aromatic hydroxyl groups is 1. The lowest BCUT2D eigenvalue weighted by molar-refractivity contribution is -0.138. The number of alkyl halides is 3. The van der Waals surface area contributed by atoms with E-state index in [4.69, 9.17) is 23.2 Å². The zero-order valence-electron chi connectivity index (χ0n) is 19.6. The van der Waals surface area contributed by atoms with Gasteiger partial charge in [-0.2, -0.15) is 0 Å². The van der Waals surface area contributed by atoms with Crippen LogP contribution >= 0.6 is 39.1 Å². The lowest BCUT2D eigenvalue weighted by Crippen LogP contribution is -2.60. The van der Waals surface area contributed by atoms with Gasteiger partial charge in [0, 0.05) is 11.5 Å². The first kappa shape index (κ1) is 25.5. The fraction of sp³-hybridized carbons (Fsp3) is 0.333. The van der Waals surface area contributed by atoms with E-state index >= 15 is 0 Å². The van der Waals surface area contributed by atoms with E-state index in [0.29, 0.717) is 11.3 Å². The molecule has 1 saturated carbocycles. The standard InChI is InChI=1S/C27H20BrCl2FN2O5/c28-12-32-24(37)26(29)11-17-14(20(27(26,30)25(32)38)16-7-4-8-18(31)21(16)34)9-10-15-19(17)23(36)33(22(15)35)13-5-2-1-3-6-13/h1-9,15,17,19-20,34H,10-12H2/t15-,17+,19-,20+,26+,27-/m0/s1. The summed E-state index contributed by atoms with van der Waals surface area (Å²) in [7, 11) is 0. The Kier molecular flexibility index (Phi) is 5.79. The van der Waals surface area contributed by atoms with E-state index in [-0.39, 0.29) is 29.8 Å². The van der Waals surface area contributed by atoms with Gasteiger partial charge in [0.2, 0.25) is 11.8 Å². The first-order chi connectivity index (χ1) is 18.1. The fourth-order valence-electron chi connectivity index (χ4n) is 6.70. The van der Waals surface area contributed by atoms with Crippen LogP contribution in [0.3, 0.4) is 0 Å². The van der Waals surface area contributed by atoms with Crippen LogP contribution < -0.4 is 4.90 Å². The first-order valence-corrected chi connectivity index (χ1v) is 13.9. The van der Waals surface area contributed by atoms with E-state index in [1.807, 2.05) is 0 Å². The minimum absolute atomic E-state index is 0.0197. The summed E-state index contributed by atoms with van der Waals surface area (Å²) in [6.07, 6.45) is 1.71. The summed E-state index contributed by atoms with van der Waals surface area (Å²) in [4.78, 5) is 52.4. The minimum Gasteiger partial charge on any atom is -0.505 e. The Morgan fingerprint density at radius 2 is 1.68 bits per heavy atom. The van der Waals surface area contributed by atoms with Crippen molar-refractivity contribution >= 4 is 68.4 Å². The third-order valence-electron chi connectivity index (χ3n) is 8.36. The number of nitrogens with zero attached hydrogens (tertiary/aromatic N) is 2. The van der Waals surface area contributed by atoms with Crippen LogP contribution in [-0.4, -0.2) is 48.8 Å². The summed E-state index contributed by atoms with van der Waals surface area (Å²) in [5.74, 6) is -7.59. The summed E-state index contributed by atoms with van der Waals surface area (Å²) in [6.45, 7) is 0. The van der Waals surface area contributed by atoms with Crippen molar-refractivity contribution in [1.82, 2.24) is 4.90 Å². The molecule has 2 aromatic carbocycles. The van der Waals surface area contributed by atoms with Gasteiger partial charge in [-0.15, -0.1) is 23.2 Å². The number of carbonyl (C=O) groups is 4. The SMILES string of the molecule is O=C1[C@H]2[C@H](CC=C3[C@H]2C[C@@]2(Cl)C(=O)N(CBr)C(=O)[C@@]2(Cl)[C@H]3c2cccc(F)c2O)C(=O)N1c1ccccc1. The highest BCUT2D eigenvalue weighted by molar-refractivity contribution is 9.09. The molecule has 0 unspecified atom stereocenters. The second kappa shape index (κ2) is 8.63. The van der Waals surface area contributed by atoms with Crippen LogP contribution in [0.25, 0.3) is 0 Å². The number of rotatable bonds is 3. The van der Waals surface area contributed by atoms with Gasteiger partial charge >= 0.3 is 0 Å². The monoisotopic (exact) mass is 620 g/mol. The molecular weight excluding hydrogens is 602 g/mol. The van der Waals surface area contributed by atoms with E-state index in [1.165, 1.54) is 12.1 Å². The predicted octanol–water partition coefficient (Wildman–Crippen LogP) is 4.45. The van der Waals surface area contributed by atoms with Gasteiger partial charge in [-0.3, -0.25) is 29.0 Å². The van der Waals surface area contributed by atoms with Gasteiger partial charge < -0.3 is 5.11 Å². The van der Waals surface area contributed by atoms with Crippen molar-refractivity contribution in [3.63, 3.8) is 0 Å². The van der Waals surface area contributed by atoms with Crippen molar-refractivity contribution in [3.8, 4) is 5.75 Å². The average molecular weight is 622 g/mol. The Balaban J connectivity index is 1.55. The van der Waals surface area contributed by atoms with Gasteiger partial charge in [-0.1, -0.05) is 57.9 Å². The number of likely N-dealkylation sites (tertiary alicyclic amines) is 1. The van der Waals surface area contributed by atoms with Gasteiger partial charge in [0.15, 0.2) is 21.3 Å². The number of para-hydroxylation sites is 2. The van der Waals surface area contributed by atoms with Crippen LogP contribution in [0.4, 0.5) is 10.1 Å². The molecule has 2 heterocycles. The van der Waals surface area contributed by atoms with Gasteiger partial charge in [0.05, 0.1) is 23.0 Å². The van der Waals surface area contributed by atoms with Crippen LogP contribution in [0.1, 0.15) is 24.3 Å². The zero-order chi connectivity index (χ0) is 27.1. The van der Waals surface area contributed by atoms with Crippen molar-refractivity contribution in [2.45, 2.75) is 28.5 Å². The topological polar surface area (TPSA) is 95.0 Å². The van der Waals surface area contributed by atoms with Crippen molar-refractivity contribution in [1.29, 1.82) is 0 Å². The zero-order valence-corrected chi connectivity index (χ0v) is 22.7. The van der Waals surface area contributed by atoms with E-state index in [1.54, 1.807) is 36.4 Å². The lowest BCUT2D eigenvalue weighted by Gasteiger charge is -2.50. The number of benzene rings is 2. The van der Waals surface area contributed by atoms with Crippen LogP contribution in [0, 0.1) is 23.6 Å². The lowest BCUT2D eigenvalue weighted by atomic mass is 9.56. The highest BCUT2D eigenvalue weighted by Crippen LogP contribution is 2.66. The van der Waals surface area contributed by atoms with Gasteiger partial charge in [0.1, 0.15) is 0 Å². The third-order valence-corrected chi connectivity index (χ3v) is 10.3. The van der Waals surface area contributed by atoms with E-state index in [9.17, 15) is 28.7 Å². The summed E-state index contributed by atoms with van der Waals surface area (Å²) < 4.78 is 14.6. The number of amides is 4. The van der Waals surface area contributed by atoms with Crippen LogP contribution in [0.5, 0.6) is 5.75 Å². The second-order valence-electron chi connectivity index (χ2n) is 10.0. The van der Waals surface area contributed by atoms with Crippen molar-refractivity contribution < 1.29 is 28.7 Å². The summed E-state index contributed by atoms with van der Waals surface area (Å²) in [5, 5.41) is 10.8. The number of fused-ring (bicyclic) bond motifs is 4. The third kappa shape index (κ3) is 3.06. The molecule has 2 aliphatic heterocycles. The number of allylic oxidation sites excluding steroid dienone is 2. The summed E-state index contributed by atoms with van der Waals surface area (Å²) >= 11 is 17.3. The molecule has 4 aliphatic rings. The molecule has 0 spiro atoms. The van der Waals surface area contributed by atoms with E-state index in [2.05, 4.69) is 15.9 Å². The quantitative estimate of drug-likeness (QED) is 0.237. The molecule has 38 heavy (non-hydrogen) atoms. The minimum atomic E-state index is -2.11. The molecule has 1 N–H and O–H groups in total. The molecule has 3 fully saturated rings. The highest BCUT2D eigenvalue weighted by Gasteiger charge is 2.76. The number of carbonyl (C=O) groups excluding carboxylic acids is 4. The number of hydrogen-bond acceptors (Lipinski definition) is 5. The molecule has 2 saturated heterocycles. The Hall–Kier alpha value is -2.75. The molecule has 7 nitrogen and oxygen atoms in total. The van der Waals surface area contributed by atoms with Crippen molar-refractivity contribution in [3.05, 3.63) is 71.6 Å². The molecule has 2 aromatic rings. The molecule has 0 radical (unpaired) electrons. The maximum atomic E-state index is 14.6. The number of imide groups is 2. The molecule has 4 amide bonds.